The molecule has 6 nitrogen and oxygen atoms in total. The average Bonchev–Trinajstić information content (AvgIpc) is 3.18. The predicted octanol–water partition coefficient (Wildman–Crippen LogP) is 3.98. The smallest absolute Gasteiger partial charge is 0.176 e. The Kier molecular flexibility index (Phi) is 4.51. The lowest BCUT2D eigenvalue weighted by molar-refractivity contribution is 0.327. The van der Waals surface area contributed by atoms with Gasteiger partial charge in [0, 0.05) is 5.39 Å². The zero-order chi connectivity index (χ0) is 18.9. The third-order valence-corrected chi connectivity index (χ3v) is 5.32. The Morgan fingerprint density at radius 3 is 2.48 bits per heavy atom. The molecule has 0 spiro atoms. The molecule has 4 aromatic rings. The van der Waals surface area contributed by atoms with E-state index < -0.39 is 0 Å². The van der Waals surface area contributed by atoms with E-state index in [-0.39, 0.29) is 5.54 Å². The second-order valence-electron chi connectivity index (χ2n) is 6.75. The Hall–Kier alpha value is -2.96. The third kappa shape index (κ3) is 2.93. The number of pyridine rings is 1. The predicted molar refractivity (Wildman–Crippen MR) is 108 cm³/mol. The van der Waals surface area contributed by atoms with Crippen LogP contribution in [0.3, 0.4) is 0 Å². The standard InChI is InChI=1S/C21H23N5O/c1-3-21(22-2,13-14-9-5-4-6-10-14)20-24-17-15-11-7-8-12-16(15)23-19(26-27)18(17)25-20/h4-12,22,27H,3,13H2,1-2H3,(H,23,26)(H,24,25). The number of aromatic amines is 1. The fourth-order valence-corrected chi connectivity index (χ4v) is 3.70. The van der Waals surface area contributed by atoms with E-state index in [1.807, 2.05) is 37.4 Å². The summed E-state index contributed by atoms with van der Waals surface area (Å²) < 4.78 is 0. The summed E-state index contributed by atoms with van der Waals surface area (Å²) in [5.74, 6) is 1.21. The highest BCUT2D eigenvalue weighted by atomic mass is 16.5. The van der Waals surface area contributed by atoms with E-state index in [2.05, 4.69) is 52.0 Å². The second kappa shape index (κ2) is 6.98. The average molecular weight is 361 g/mol. The summed E-state index contributed by atoms with van der Waals surface area (Å²) in [6, 6.07) is 18.2. The molecule has 2 aromatic carbocycles. The Morgan fingerprint density at radius 2 is 1.78 bits per heavy atom. The number of rotatable bonds is 6. The number of aromatic nitrogens is 3. The first-order valence-electron chi connectivity index (χ1n) is 9.12. The third-order valence-electron chi connectivity index (χ3n) is 5.32. The van der Waals surface area contributed by atoms with E-state index in [0.717, 1.165) is 35.1 Å². The molecule has 0 aliphatic rings. The number of nitrogens with one attached hydrogen (secondary N) is 3. The molecule has 4 N–H and O–H groups in total. The molecule has 1 atom stereocenters. The van der Waals surface area contributed by atoms with Crippen LogP contribution in [0.25, 0.3) is 21.9 Å². The lowest BCUT2D eigenvalue weighted by Gasteiger charge is -2.30. The summed E-state index contributed by atoms with van der Waals surface area (Å²) in [6.07, 6.45) is 1.65. The van der Waals surface area contributed by atoms with Crippen molar-refractivity contribution in [3.8, 4) is 0 Å². The van der Waals surface area contributed by atoms with Gasteiger partial charge in [-0.05, 0) is 31.5 Å². The van der Waals surface area contributed by atoms with Crippen molar-refractivity contribution in [2.24, 2.45) is 0 Å². The molecule has 0 radical (unpaired) electrons. The van der Waals surface area contributed by atoms with Gasteiger partial charge in [-0.25, -0.2) is 9.97 Å². The molecule has 4 rings (SSSR count). The number of nitrogens with zero attached hydrogens (tertiary/aromatic N) is 2. The molecular formula is C21H23N5O. The number of hydrogen-bond acceptors (Lipinski definition) is 5. The van der Waals surface area contributed by atoms with Gasteiger partial charge in [-0.15, -0.1) is 0 Å². The largest absolute Gasteiger partial charge is 0.337 e. The van der Waals surface area contributed by atoms with Crippen LogP contribution in [0.5, 0.6) is 0 Å². The van der Waals surface area contributed by atoms with E-state index in [1.54, 1.807) is 0 Å². The molecule has 0 aliphatic heterocycles. The van der Waals surface area contributed by atoms with E-state index in [9.17, 15) is 5.21 Å². The van der Waals surface area contributed by atoms with Gasteiger partial charge in [-0.1, -0.05) is 55.5 Å². The number of imidazole rings is 1. The van der Waals surface area contributed by atoms with Crippen LogP contribution in [0, 0.1) is 0 Å². The van der Waals surface area contributed by atoms with Crippen LogP contribution in [0.15, 0.2) is 54.6 Å². The highest BCUT2D eigenvalue weighted by molar-refractivity contribution is 6.06. The number of anilines is 1. The summed E-state index contributed by atoms with van der Waals surface area (Å²) in [5, 5.41) is 14.0. The number of benzene rings is 2. The molecule has 0 saturated heterocycles. The summed E-state index contributed by atoms with van der Waals surface area (Å²) in [4.78, 5) is 12.9. The maximum atomic E-state index is 9.58. The van der Waals surface area contributed by atoms with Gasteiger partial charge in [-0.3, -0.25) is 10.7 Å². The number of H-pyrrole nitrogens is 1. The minimum atomic E-state index is -0.353. The SMILES string of the molecule is CCC(Cc1ccccc1)(NC)c1nc2c([nH]1)c(NO)nc1ccccc12. The van der Waals surface area contributed by atoms with Crippen LogP contribution in [-0.2, 0) is 12.0 Å². The summed E-state index contributed by atoms with van der Waals surface area (Å²) in [6.45, 7) is 2.15. The Balaban J connectivity index is 1.92. The number of para-hydroxylation sites is 1. The van der Waals surface area contributed by atoms with Crippen molar-refractivity contribution < 1.29 is 5.21 Å². The molecule has 27 heavy (non-hydrogen) atoms. The molecule has 138 valence electrons. The van der Waals surface area contributed by atoms with E-state index in [4.69, 9.17) is 4.98 Å². The van der Waals surface area contributed by atoms with Gasteiger partial charge < -0.3 is 10.3 Å². The molecule has 0 bridgehead atoms. The first-order valence-corrected chi connectivity index (χ1v) is 9.12. The fraction of sp³-hybridized carbons (Fsp3) is 0.238. The molecule has 0 aliphatic carbocycles. The van der Waals surface area contributed by atoms with Crippen molar-refractivity contribution in [3.63, 3.8) is 0 Å². The van der Waals surface area contributed by atoms with Crippen LogP contribution < -0.4 is 10.8 Å². The van der Waals surface area contributed by atoms with E-state index in [1.165, 1.54) is 5.56 Å². The van der Waals surface area contributed by atoms with Gasteiger partial charge >= 0.3 is 0 Å². The maximum absolute atomic E-state index is 9.58. The highest BCUT2D eigenvalue weighted by Crippen LogP contribution is 2.33. The fourth-order valence-electron chi connectivity index (χ4n) is 3.70. The Bertz CT molecular complexity index is 1070. The molecular weight excluding hydrogens is 338 g/mol. The normalized spacial score (nSPS) is 13.7. The van der Waals surface area contributed by atoms with Crippen molar-refractivity contribution in [3.05, 3.63) is 66.0 Å². The highest BCUT2D eigenvalue weighted by Gasteiger charge is 2.33. The van der Waals surface area contributed by atoms with Crippen molar-refractivity contribution >= 4 is 27.8 Å². The lowest BCUT2D eigenvalue weighted by atomic mass is 9.87. The van der Waals surface area contributed by atoms with Crippen LogP contribution in [0.4, 0.5) is 5.82 Å². The van der Waals surface area contributed by atoms with Crippen molar-refractivity contribution in [2.75, 3.05) is 12.5 Å². The van der Waals surface area contributed by atoms with E-state index in [0.29, 0.717) is 11.3 Å². The van der Waals surface area contributed by atoms with Crippen molar-refractivity contribution in [1.82, 2.24) is 20.3 Å². The number of likely N-dealkylation sites (N-methyl/N-ethyl adjacent to an activating group) is 1. The number of hydrogen-bond donors (Lipinski definition) is 4. The molecule has 6 heteroatoms. The van der Waals surface area contributed by atoms with Crippen LogP contribution in [0.2, 0.25) is 0 Å². The first-order chi connectivity index (χ1) is 13.2. The summed E-state index contributed by atoms with van der Waals surface area (Å²) in [7, 11) is 1.96. The summed E-state index contributed by atoms with van der Waals surface area (Å²) in [5.41, 5.74) is 5.38. The van der Waals surface area contributed by atoms with Gasteiger partial charge in [0.15, 0.2) is 5.82 Å². The van der Waals surface area contributed by atoms with Gasteiger partial charge in [0.1, 0.15) is 16.9 Å². The number of fused-ring (bicyclic) bond motifs is 3. The van der Waals surface area contributed by atoms with Gasteiger partial charge in [0.05, 0.1) is 11.1 Å². The zero-order valence-electron chi connectivity index (χ0n) is 15.5. The lowest BCUT2D eigenvalue weighted by Crippen LogP contribution is -2.42. The van der Waals surface area contributed by atoms with Gasteiger partial charge in [0.25, 0.3) is 0 Å². The minimum absolute atomic E-state index is 0.353. The van der Waals surface area contributed by atoms with Crippen molar-refractivity contribution in [1.29, 1.82) is 0 Å². The Labute approximate surface area is 157 Å². The topological polar surface area (TPSA) is 85.9 Å². The molecule has 2 heterocycles. The minimum Gasteiger partial charge on any atom is -0.337 e. The zero-order valence-corrected chi connectivity index (χ0v) is 15.5. The summed E-state index contributed by atoms with van der Waals surface area (Å²) >= 11 is 0. The molecule has 0 saturated carbocycles. The van der Waals surface area contributed by atoms with Gasteiger partial charge in [0.2, 0.25) is 0 Å². The van der Waals surface area contributed by atoms with E-state index >= 15 is 0 Å². The van der Waals surface area contributed by atoms with Crippen LogP contribution in [-0.4, -0.2) is 27.2 Å². The molecule has 0 fully saturated rings. The molecule has 1 unspecified atom stereocenters. The second-order valence-corrected chi connectivity index (χ2v) is 6.75. The maximum Gasteiger partial charge on any atom is 0.176 e. The monoisotopic (exact) mass is 361 g/mol. The Morgan fingerprint density at radius 1 is 1.04 bits per heavy atom. The van der Waals surface area contributed by atoms with Crippen LogP contribution in [0.1, 0.15) is 24.7 Å². The first kappa shape index (κ1) is 17.5. The quantitative estimate of drug-likeness (QED) is 0.390. The van der Waals surface area contributed by atoms with Gasteiger partial charge in [-0.2, -0.15) is 0 Å². The molecule has 0 amide bonds. The molecule has 2 aromatic heterocycles. The van der Waals surface area contributed by atoms with Crippen molar-refractivity contribution in [2.45, 2.75) is 25.3 Å². The van der Waals surface area contributed by atoms with Crippen LogP contribution >= 0.6 is 0 Å².